The predicted molar refractivity (Wildman–Crippen MR) is 105 cm³/mol. The molecule has 0 aliphatic carbocycles. The monoisotopic (exact) mass is 379 g/mol. The lowest BCUT2D eigenvalue weighted by Crippen LogP contribution is -2.15. The van der Waals surface area contributed by atoms with E-state index in [4.69, 9.17) is 21.1 Å². The molecule has 4 nitrogen and oxygen atoms in total. The highest BCUT2D eigenvalue weighted by Crippen LogP contribution is 2.27. The lowest BCUT2D eigenvalue weighted by atomic mass is 10.1. The van der Waals surface area contributed by atoms with E-state index in [2.05, 4.69) is 11.4 Å². The van der Waals surface area contributed by atoms with Crippen LogP contribution in [0, 0.1) is 13.8 Å². The fourth-order valence-electron chi connectivity index (χ4n) is 2.36. The Kier molecular flexibility index (Phi) is 7.47. The molecule has 0 fully saturated rings. The molecule has 1 amide bonds. The van der Waals surface area contributed by atoms with E-state index in [-0.39, 0.29) is 5.91 Å². The Morgan fingerprint density at radius 1 is 1.16 bits per heavy atom. The third-order valence-corrected chi connectivity index (χ3v) is 4.52. The van der Waals surface area contributed by atoms with Crippen molar-refractivity contribution in [3.8, 4) is 11.5 Å². The lowest BCUT2D eigenvalue weighted by molar-refractivity contribution is -0.113. The number of hydrogen-bond acceptors (Lipinski definition) is 4. The maximum absolute atomic E-state index is 12.0. The predicted octanol–water partition coefficient (Wildman–Crippen LogP) is 4.72. The van der Waals surface area contributed by atoms with Crippen molar-refractivity contribution < 1.29 is 14.3 Å². The number of anilines is 1. The summed E-state index contributed by atoms with van der Waals surface area (Å²) < 4.78 is 10.9. The van der Waals surface area contributed by atoms with E-state index < -0.39 is 0 Å². The van der Waals surface area contributed by atoms with Gasteiger partial charge in [0.1, 0.15) is 11.5 Å². The van der Waals surface area contributed by atoms with E-state index >= 15 is 0 Å². The van der Waals surface area contributed by atoms with Crippen LogP contribution in [0.5, 0.6) is 11.5 Å². The first kappa shape index (κ1) is 19.5. The summed E-state index contributed by atoms with van der Waals surface area (Å²) in [6, 6.07) is 11.2. The maximum atomic E-state index is 12.0. The quantitative estimate of drug-likeness (QED) is 0.674. The molecule has 25 heavy (non-hydrogen) atoms. The van der Waals surface area contributed by atoms with E-state index in [1.54, 1.807) is 25.3 Å². The zero-order valence-corrected chi connectivity index (χ0v) is 16.2. The number of thioether (sulfide) groups is 1. The van der Waals surface area contributed by atoms with Crippen molar-refractivity contribution in [2.24, 2.45) is 0 Å². The fourth-order valence-corrected chi connectivity index (χ4v) is 3.14. The largest absolute Gasteiger partial charge is 0.495 e. The Labute approximate surface area is 157 Å². The van der Waals surface area contributed by atoms with Gasteiger partial charge in [0.05, 0.1) is 25.2 Å². The van der Waals surface area contributed by atoms with E-state index in [1.165, 1.54) is 22.9 Å². The summed E-state index contributed by atoms with van der Waals surface area (Å²) in [5, 5.41) is 3.36. The van der Waals surface area contributed by atoms with Crippen molar-refractivity contribution in [3.63, 3.8) is 0 Å². The van der Waals surface area contributed by atoms with E-state index in [9.17, 15) is 4.79 Å². The first-order valence-electron chi connectivity index (χ1n) is 7.90. The Balaban J connectivity index is 1.73. The second kappa shape index (κ2) is 9.59. The second-order valence-electron chi connectivity index (χ2n) is 5.62. The van der Waals surface area contributed by atoms with Crippen molar-refractivity contribution in [1.82, 2.24) is 0 Å². The number of amides is 1. The minimum atomic E-state index is -0.100. The third kappa shape index (κ3) is 6.52. The minimum Gasteiger partial charge on any atom is -0.495 e. The Morgan fingerprint density at radius 2 is 1.88 bits per heavy atom. The van der Waals surface area contributed by atoms with Gasteiger partial charge in [-0.2, -0.15) is 0 Å². The van der Waals surface area contributed by atoms with Gasteiger partial charge in [-0.25, -0.2) is 0 Å². The van der Waals surface area contributed by atoms with Crippen molar-refractivity contribution in [2.75, 3.05) is 30.5 Å². The molecular weight excluding hydrogens is 358 g/mol. The van der Waals surface area contributed by atoms with Crippen LogP contribution in [-0.4, -0.2) is 31.1 Å². The Bertz CT molecular complexity index is 716. The Morgan fingerprint density at radius 3 is 2.56 bits per heavy atom. The average Bonchev–Trinajstić information content (AvgIpc) is 2.54. The van der Waals surface area contributed by atoms with Gasteiger partial charge in [-0.1, -0.05) is 17.7 Å². The van der Waals surface area contributed by atoms with Gasteiger partial charge in [0.2, 0.25) is 5.91 Å². The smallest absolute Gasteiger partial charge is 0.234 e. The van der Waals surface area contributed by atoms with E-state index in [1.807, 2.05) is 26.0 Å². The number of carbonyl (C=O) groups is 1. The molecule has 0 atom stereocenters. The van der Waals surface area contributed by atoms with Crippen LogP contribution in [0.4, 0.5) is 5.69 Å². The van der Waals surface area contributed by atoms with Gasteiger partial charge in [-0.05, 0) is 55.3 Å². The van der Waals surface area contributed by atoms with Crippen molar-refractivity contribution in [1.29, 1.82) is 0 Å². The van der Waals surface area contributed by atoms with Crippen LogP contribution in [0.1, 0.15) is 11.1 Å². The average molecular weight is 380 g/mol. The summed E-state index contributed by atoms with van der Waals surface area (Å²) in [6.45, 7) is 4.65. The highest BCUT2D eigenvalue weighted by atomic mass is 35.5. The van der Waals surface area contributed by atoms with E-state index in [0.717, 1.165) is 11.5 Å². The van der Waals surface area contributed by atoms with Gasteiger partial charge in [-0.3, -0.25) is 4.79 Å². The molecular formula is C19H22ClNO3S. The zero-order valence-electron chi connectivity index (χ0n) is 14.6. The summed E-state index contributed by atoms with van der Waals surface area (Å²) >= 11 is 7.47. The molecule has 0 aromatic heterocycles. The molecule has 6 heteroatoms. The molecule has 0 saturated carbocycles. The molecule has 0 heterocycles. The second-order valence-corrected chi connectivity index (χ2v) is 7.16. The van der Waals surface area contributed by atoms with Crippen LogP contribution in [0.2, 0.25) is 5.02 Å². The molecule has 0 radical (unpaired) electrons. The number of halogens is 1. The Hall–Kier alpha value is -1.85. The van der Waals surface area contributed by atoms with Gasteiger partial charge in [0.25, 0.3) is 0 Å². The molecule has 2 aromatic carbocycles. The highest BCUT2D eigenvalue weighted by molar-refractivity contribution is 7.99. The number of ether oxygens (including phenoxy) is 2. The first-order valence-corrected chi connectivity index (χ1v) is 9.43. The van der Waals surface area contributed by atoms with Crippen molar-refractivity contribution in [2.45, 2.75) is 13.8 Å². The lowest BCUT2D eigenvalue weighted by Gasteiger charge is -2.11. The van der Waals surface area contributed by atoms with Crippen LogP contribution < -0.4 is 14.8 Å². The molecule has 134 valence electrons. The van der Waals surface area contributed by atoms with Crippen molar-refractivity contribution in [3.05, 3.63) is 52.5 Å². The number of nitrogens with one attached hydrogen (secondary N) is 1. The molecule has 0 bridgehead atoms. The molecule has 1 N–H and O–H groups in total. The minimum absolute atomic E-state index is 0.100. The van der Waals surface area contributed by atoms with Crippen LogP contribution in [0.15, 0.2) is 36.4 Å². The fraction of sp³-hybridized carbons (Fsp3) is 0.316. The number of aryl methyl sites for hydroxylation is 2. The number of benzene rings is 2. The summed E-state index contributed by atoms with van der Waals surface area (Å²) in [4.78, 5) is 12.0. The van der Waals surface area contributed by atoms with Gasteiger partial charge >= 0.3 is 0 Å². The topological polar surface area (TPSA) is 47.6 Å². The molecule has 2 aromatic rings. The van der Waals surface area contributed by atoms with Gasteiger partial charge in [-0.15, -0.1) is 11.8 Å². The number of carbonyl (C=O) groups excluding carboxylic acids is 1. The first-order chi connectivity index (χ1) is 12.0. The molecule has 0 saturated heterocycles. The molecule has 2 rings (SSSR count). The normalized spacial score (nSPS) is 10.4. The summed E-state index contributed by atoms with van der Waals surface area (Å²) in [6.07, 6.45) is 0. The van der Waals surface area contributed by atoms with Crippen molar-refractivity contribution >= 4 is 35.0 Å². The molecule has 0 unspecified atom stereocenters. The highest BCUT2D eigenvalue weighted by Gasteiger charge is 2.08. The standard InChI is InChI=1S/C19H22ClNO3S/c1-13-8-14(2)10-16(9-13)24-6-7-25-12-19(22)21-17-11-15(20)4-5-18(17)23-3/h4-5,8-11H,6-7,12H2,1-3H3,(H,21,22). The van der Waals surface area contributed by atoms with Gasteiger partial charge in [0, 0.05) is 10.8 Å². The van der Waals surface area contributed by atoms with Crippen LogP contribution in [-0.2, 0) is 4.79 Å². The summed E-state index contributed by atoms with van der Waals surface area (Å²) in [5.41, 5.74) is 2.93. The van der Waals surface area contributed by atoms with Crippen LogP contribution in [0.3, 0.4) is 0 Å². The maximum Gasteiger partial charge on any atom is 0.234 e. The van der Waals surface area contributed by atoms with Crippen LogP contribution >= 0.6 is 23.4 Å². The van der Waals surface area contributed by atoms with Gasteiger partial charge < -0.3 is 14.8 Å². The van der Waals surface area contributed by atoms with E-state index in [0.29, 0.717) is 28.8 Å². The summed E-state index contributed by atoms with van der Waals surface area (Å²) in [7, 11) is 1.55. The third-order valence-electron chi connectivity index (χ3n) is 3.36. The van der Waals surface area contributed by atoms with Gasteiger partial charge in [0.15, 0.2) is 0 Å². The SMILES string of the molecule is COc1ccc(Cl)cc1NC(=O)CSCCOc1cc(C)cc(C)c1. The number of hydrogen-bond donors (Lipinski definition) is 1. The molecule has 0 aliphatic heterocycles. The van der Waals surface area contributed by atoms with Crippen LogP contribution in [0.25, 0.3) is 0 Å². The molecule has 0 spiro atoms. The zero-order chi connectivity index (χ0) is 18.2. The molecule has 0 aliphatic rings. The number of methoxy groups -OCH3 is 1. The summed E-state index contributed by atoms with van der Waals surface area (Å²) in [5.74, 6) is 2.42. The number of rotatable bonds is 8.